The van der Waals surface area contributed by atoms with Gasteiger partial charge in [-0.1, -0.05) is 11.6 Å². The summed E-state index contributed by atoms with van der Waals surface area (Å²) in [5.41, 5.74) is 0.0953. The molecule has 0 radical (unpaired) electrons. The summed E-state index contributed by atoms with van der Waals surface area (Å²) in [6.07, 6.45) is 0. The van der Waals surface area contributed by atoms with Crippen molar-refractivity contribution in [3.05, 3.63) is 47.2 Å². The van der Waals surface area contributed by atoms with Gasteiger partial charge in [0.1, 0.15) is 19.0 Å². The summed E-state index contributed by atoms with van der Waals surface area (Å²) in [5.74, 6) is 0.302. The first-order chi connectivity index (χ1) is 10.5. The number of anilines is 1. The van der Waals surface area contributed by atoms with Gasteiger partial charge in [0.25, 0.3) is 10.0 Å². The third-order valence-corrected chi connectivity index (χ3v) is 4.68. The average molecular weight is 344 g/mol. The van der Waals surface area contributed by atoms with Crippen molar-refractivity contribution < 1.29 is 22.3 Å². The SMILES string of the molecule is O=S(=O)(Nc1ccc(F)cc1Cl)c1ccc2c(c1)OCCO2. The predicted molar refractivity (Wildman–Crippen MR) is 79.7 cm³/mol. The number of hydrogen-bond donors (Lipinski definition) is 1. The molecule has 0 spiro atoms. The summed E-state index contributed by atoms with van der Waals surface area (Å²) >= 11 is 5.83. The molecule has 1 aliphatic rings. The fraction of sp³-hybridized carbons (Fsp3) is 0.143. The highest BCUT2D eigenvalue weighted by atomic mass is 35.5. The zero-order valence-corrected chi connectivity index (χ0v) is 12.7. The van der Waals surface area contributed by atoms with Crippen LogP contribution in [0.1, 0.15) is 0 Å². The van der Waals surface area contributed by atoms with Crippen LogP contribution in [0.15, 0.2) is 41.3 Å². The number of nitrogens with one attached hydrogen (secondary N) is 1. The molecule has 2 aromatic carbocycles. The molecule has 2 aromatic rings. The molecule has 116 valence electrons. The Labute approximate surface area is 131 Å². The monoisotopic (exact) mass is 343 g/mol. The van der Waals surface area contributed by atoms with Gasteiger partial charge in [-0.05, 0) is 30.3 Å². The Morgan fingerprint density at radius 1 is 1.05 bits per heavy atom. The van der Waals surface area contributed by atoms with E-state index in [1.807, 2.05) is 0 Å². The van der Waals surface area contributed by atoms with E-state index in [0.717, 1.165) is 12.1 Å². The number of benzene rings is 2. The van der Waals surface area contributed by atoms with E-state index in [1.54, 1.807) is 0 Å². The molecule has 22 heavy (non-hydrogen) atoms. The van der Waals surface area contributed by atoms with Gasteiger partial charge in [-0.15, -0.1) is 0 Å². The van der Waals surface area contributed by atoms with Gasteiger partial charge in [0.05, 0.1) is 15.6 Å². The highest BCUT2D eigenvalue weighted by molar-refractivity contribution is 7.92. The summed E-state index contributed by atoms with van der Waals surface area (Å²) in [4.78, 5) is -0.00265. The Hall–Kier alpha value is -1.99. The second-order valence-corrected chi connectivity index (χ2v) is 6.62. The van der Waals surface area contributed by atoms with Crippen LogP contribution in [0.25, 0.3) is 0 Å². The fourth-order valence-electron chi connectivity index (χ4n) is 1.97. The zero-order valence-electron chi connectivity index (χ0n) is 11.2. The van der Waals surface area contributed by atoms with Crippen molar-refractivity contribution in [3.63, 3.8) is 0 Å². The van der Waals surface area contributed by atoms with Gasteiger partial charge in [0.2, 0.25) is 0 Å². The van der Waals surface area contributed by atoms with Crippen LogP contribution in [0.4, 0.5) is 10.1 Å². The van der Waals surface area contributed by atoms with Gasteiger partial charge < -0.3 is 9.47 Å². The molecule has 0 saturated heterocycles. The van der Waals surface area contributed by atoms with Crippen molar-refractivity contribution >= 4 is 27.3 Å². The second kappa shape index (κ2) is 5.66. The molecule has 3 rings (SSSR count). The summed E-state index contributed by atoms with van der Waals surface area (Å²) in [7, 11) is -3.87. The summed E-state index contributed by atoms with van der Waals surface area (Å²) in [6, 6.07) is 7.70. The summed E-state index contributed by atoms with van der Waals surface area (Å²) in [6.45, 7) is 0.774. The lowest BCUT2D eigenvalue weighted by Gasteiger charge is -2.19. The summed E-state index contributed by atoms with van der Waals surface area (Å²) in [5, 5.41) is -0.0267. The van der Waals surface area contributed by atoms with Crippen molar-refractivity contribution in [1.29, 1.82) is 0 Å². The number of hydrogen-bond acceptors (Lipinski definition) is 4. The Bertz CT molecular complexity index is 826. The molecule has 0 aliphatic carbocycles. The first kappa shape index (κ1) is 14.9. The van der Waals surface area contributed by atoms with Gasteiger partial charge >= 0.3 is 0 Å². The van der Waals surface area contributed by atoms with E-state index in [2.05, 4.69) is 4.72 Å². The first-order valence-corrected chi connectivity index (χ1v) is 8.19. The smallest absolute Gasteiger partial charge is 0.262 e. The molecule has 1 heterocycles. The lowest BCUT2D eigenvalue weighted by atomic mass is 10.3. The van der Waals surface area contributed by atoms with Crippen LogP contribution >= 0.6 is 11.6 Å². The van der Waals surface area contributed by atoms with E-state index in [4.69, 9.17) is 21.1 Å². The van der Waals surface area contributed by atoms with Crippen LogP contribution in [0, 0.1) is 5.82 Å². The Kier molecular flexibility index (Phi) is 3.84. The fourth-order valence-corrected chi connectivity index (χ4v) is 3.33. The Balaban J connectivity index is 1.92. The third-order valence-electron chi connectivity index (χ3n) is 3.00. The second-order valence-electron chi connectivity index (χ2n) is 4.54. The number of fused-ring (bicyclic) bond motifs is 1. The van der Waals surface area contributed by atoms with Crippen LogP contribution in [0.2, 0.25) is 5.02 Å². The van der Waals surface area contributed by atoms with Gasteiger partial charge in [-0.25, -0.2) is 12.8 Å². The lowest BCUT2D eigenvalue weighted by molar-refractivity contribution is 0.171. The maximum absolute atomic E-state index is 13.0. The number of ether oxygens (including phenoxy) is 2. The molecule has 0 saturated carbocycles. The average Bonchev–Trinajstić information content (AvgIpc) is 2.49. The van der Waals surface area contributed by atoms with Crippen molar-refractivity contribution in [3.8, 4) is 11.5 Å². The van der Waals surface area contributed by atoms with Crippen LogP contribution in [0.3, 0.4) is 0 Å². The minimum absolute atomic E-state index is 0.00265. The highest BCUT2D eigenvalue weighted by Crippen LogP contribution is 2.33. The van der Waals surface area contributed by atoms with E-state index in [9.17, 15) is 12.8 Å². The summed E-state index contributed by atoms with van der Waals surface area (Å²) < 4.78 is 50.7. The van der Waals surface area contributed by atoms with Crippen molar-refractivity contribution in [1.82, 2.24) is 0 Å². The molecule has 8 heteroatoms. The van der Waals surface area contributed by atoms with Crippen molar-refractivity contribution in [2.24, 2.45) is 0 Å². The van der Waals surface area contributed by atoms with Crippen LogP contribution in [-0.2, 0) is 10.0 Å². The Morgan fingerprint density at radius 2 is 1.77 bits per heavy atom. The molecule has 0 aromatic heterocycles. The predicted octanol–water partition coefficient (Wildman–Crippen LogP) is 3.05. The maximum atomic E-state index is 13.0. The number of halogens is 2. The molecule has 0 fully saturated rings. The standard InChI is InChI=1S/C14H11ClFNO4S/c15-11-7-9(16)1-3-12(11)17-22(18,19)10-2-4-13-14(8-10)21-6-5-20-13/h1-4,7-8,17H,5-6H2. The van der Waals surface area contributed by atoms with Crippen molar-refractivity contribution in [2.75, 3.05) is 17.9 Å². The van der Waals surface area contributed by atoms with E-state index in [1.165, 1.54) is 24.3 Å². The Morgan fingerprint density at radius 3 is 2.50 bits per heavy atom. The van der Waals surface area contributed by atoms with Crippen LogP contribution in [0.5, 0.6) is 11.5 Å². The van der Waals surface area contributed by atoms with E-state index >= 15 is 0 Å². The molecule has 1 aliphatic heterocycles. The minimum Gasteiger partial charge on any atom is -0.486 e. The van der Waals surface area contributed by atoms with Crippen LogP contribution < -0.4 is 14.2 Å². The molecule has 0 amide bonds. The van der Waals surface area contributed by atoms with E-state index < -0.39 is 15.8 Å². The van der Waals surface area contributed by atoms with E-state index in [-0.39, 0.29) is 15.6 Å². The quantitative estimate of drug-likeness (QED) is 0.930. The first-order valence-electron chi connectivity index (χ1n) is 6.33. The molecular weight excluding hydrogens is 333 g/mol. The highest BCUT2D eigenvalue weighted by Gasteiger charge is 2.20. The molecule has 0 bridgehead atoms. The molecular formula is C14H11ClFNO4S. The molecule has 5 nitrogen and oxygen atoms in total. The van der Waals surface area contributed by atoms with Gasteiger partial charge in [-0.2, -0.15) is 0 Å². The van der Waals surface area contributed by atoms with Gasteiger partial charge in [-0.3, -0.25) is 4.72 Å². The normalized spacial score (nSPS) is 13.7. The lowest BCUT2D eigenvalue weighted by Crippen LogP contribution is -2.17. The topological polar surface area (TPSA) is 64.6 Å². The molecule has 1 N–H and O–H groups in total. The van der Waals surface area contributed by atoms with Gasteiger partial charge in [0.15, 0.2) is 11.5 Å². The third kappa shape index (κ3) is 2.95. The van der Waals surface area contributed by atoms with Crippen LogP contribution in [-0.4, -0.2) is 21.6 Å². The molecule has 0 atom stereocenters. The largest absolute Gasteiger partial charge is 0.486 e. The number of sulfonamides is 1. The molecule has 0 unspecified atom stereocenters. The van der Waals surface area contributed by atoms with Crippen molar-refractivity contribution in [2.45, 2.75) is 4.90 Å². The zero-order chi connectivity index (χ0) is 15.7. The number of rotatable bonds is 3. The maximum Gasteiger partial charge on any atom is 0.262 e. The van der Waals surface area contributed by atoms with E-state index in [0.29, 0.717) is 24.7 Å². The van der Waals surface area contributed by atoms with Gasteiger partial charge in [0, 0.05) is 6.07 Å². The minimum atomic E-state index is -3.87.